The lowest BCUT2D eigenvalue weighted by molar-refractivity contribution is -0.385. The minimum Gasteiger partial charge on any atom is -0.469 e. The summed E-state index contributed by atoms with van der Waals surface area (Å²) in [6.07, 6.45) is -0.338. The Kier molecular flexibility index (Phi) is 5.16. The van der Waals surface area contributed by atoms with E-state index < -0.39 is 28.9 Å². The lowest BCUT2D eigenvalue weighted by Gasteiger charge is -2.12. The van der Waals surface area contributed by atoms with Gasteiger partial charge in [-0.3, -0.25) is 14.9 Å². The zero-order chi connectivity index (χ0) is 14.6. The van der Waals surface area contributed by atoms with Gasteiger partial charge in [-0.2, -0.15) is 8.78 Å². The predicted octanol–water partition coefficient (Wildman–Crippen LogP) is 2.67. The molecule has 6 nitrogen and oxygen atoms in total. The summed E-state index contributed by atoms with van der Waals surface area (Å²) in [6, 6.07) is 2.25. The van der Waals surface area contributed by atoms with E-state index in [1.807, 2.05) is 0 Å². The van der Waals surface area contributed by atoms with Crippen LogP contribution in [-0.4, -0.2) is 24.6 Å². The van der Waals surface area contributed by atoms with Gasteiger partial charge in [0.25, 0.3) is 5.69 Å². The maximum Gasteiger partial charge on any atom is 0.387 e. The second-order valence-corrected chi connectivity index (χ2v) is 4.07. The summed E-state index contributed by atoms with van der Waals surface area (Å²) >= 11 is 2.82. The highest BCUT2D eigenvalue weighted by molar-refractivity contribution is 9.10. The first kappa shape index (κ1) is 15.3. The molecule has 0 N–H and O–H groups in total. The fourth-order valence-corrected chi connectivity index (χ4v) is 1.94. The molecule has 104 valence electrons. The number of alkyl halides is 2. The van der Waals surface area contributed by atoms with Gasteiger partial charge in [-0.1, -0.05) is 0 Å². The van der Waals surface area contributed by atoms with Crippen LogP contribution in [0.15, 0.2) is 16.6 Å². The van der Waals surface area contributed by atoms with E-state index in [9.17, 15) is 23.7 Å². The predicted molar refractivity (Wildman–Crippen MR) is 63.1 cm³/mol. The SMILES string of the molecule is COC(=O)Cc1ccc([N+](=O)[O-])c(Br)c1OC(F)F. The second kappa shape index (κ2) is 6.41. The van der Waals surface area contributed by atoms with Crippen LogP contribution in [0.5, 0.6) is 5.75 Å². The third kappa shape index (κ3) is 3.85. The number of nitro groups is 1. The molecular weight excluding hydrogens is 332 g/mol. The molecule has 0 fully saturated rings. The van der Waals surface area contributed by atoms with Crippen LogP contribution in [-0.2, 0) is 16.0 Å². The van der Waals surface area contributed by atoms with Crippen LogP contribution in [0.2, 0.25) is 0 Å². The Labute approximate surface area is 114 Å². The molecule has 1 aromatic rings. The number of benzene rings is 1. The average Bonchev–Trinajstić information content (AvgIpc) is 2.32. The Balaban J connectivity index is 3.26. The molecule has 0 atom stereocenters. The highest BCUT2D eigenvalue weighted by Gasteiger charge is 2.23. The normalized spacial score (nSPS) is 10.4. The standard InChI is InChI=1S/C10H8BrF2NO5/c1-18-7(15)4-5-2-3-6(14(16)17)8(11)9(5)19-10(12)13/h2-3,10H,4H2,1H3. The van der Waals surface area contributed by atoms with Gasteiger partial charge in [0, 0.05) is 11.6 Å². The maximum atomic E-state index is 12.3. The molecule has 0 saturated heterocycles. The van der Waals surface area contributed by atoms with Gasteiger partial charge < -0.3 is 9.47 Å². The summed E-state index contributed by atoms with van der Waals surface area (Å²) in [5.74, 6) is -1.13. The molecule has 0 spiro atoms. The first-order valence-electron chi connectivity index (χ1n) is 4.84. The van der Waals surface area contributed by atoms with Gasteiger partial charge in [0.1, 0.15) is 4.47 Å². The van der Waals surface area contributed by atoms with Gasteiger partial charge >= 0.3 is 12.6 Å². The fraction of sp³-hybridized carbons (Fsp3) is 0.300. The van der Waals surface area contributed by atoms with Crippen LogP contribution >= 0.6 is 15.9 Å². The molecule has 0 aliphatic heterocycles. The molecule has 19 heavy (non-hydrogen) atoms. The molecule has 0 aromatic heterocycles. The number of rotatable bonds is 5. The van der Waals surface area contributed by atoms with Crippen molar-refractivity contribution in [3.63, 3.8) is 0 Å². The van der Waals surface area contributed by atoms with E-state index in [2.05, 4.69) is 25.4 Å². The Morgan fingerprint density at radius 1 is 1.53 bits per heavy atom. The number of carbonyl (C=O) groups excluding carboxylic acids is 1. The van der Waals surface area contributed by atoms with Gasteiger partial charge in [-0.25, -0.2) is 0 Å². The number of nitro benzene ring substituents is 1. The quantitative estimate of drug-likeness (QED) is 0.468. The first-order chi connectivity index (χ1) is 8.86. The van der Waals surface area contributed by atoms with Crippen molar-refractivity contribution >= 4 is 27.6 Å². The van der Waals surface area contributed by atoms with Gasteiger partial charge in [-0.05, 0) is 22.0 Å². The third-order valence-corrected chi connectivity index (χ3v) is 2.89. The molecule has 0 radical (unpaired) electrons. The highest BCUT2D eigenvalue weighted by Crippen LogP contribution is 2.38. The molecule has 9 heteroatoms. The molecule has 0 heterocycles. The number of nitrogens with zero attached hydrogens (tertiary/aromatic N) is 1. The number of esters is 1. The van der Waals surface area contributed by atoms with Crippen LogP contribution in [0.1, 0.15) is 5.56 Å². The number of methoxy groups -OCH3 is 1. The van der Waals surface area contributed by atoms with Crippen LogP contribution in [0, 0.1) is 10.1 Å². The van der Waals surface area contributed by atoms with E-state index in [0.29, 0.717) is 0 Å². The molecular formula is C10H8BrF2NO5. The molecule has 1 aromatic carbocycles. The smallest absolute Gasteiger partial charge is 0.387 e. The van der Waals surface area contributed by atoms with E-state index in [1.165, 1.54) is 0 Å². The van der Waals surface area contributed by atoms with Crippen molar-refractivity contribution in [3.8, 4) is 5.75 Å². The van der Waals surface area contributed by atoms with E-state index in [4.69, 9.17) is 0 Å². The number of halogens is 3. The summed E-state index contributed by atoms with van der Waals surface area (Å²) in [4.78, 5) is 21.1. The number of ether oxygens (including phenoxy) is 2. The van der Waals surface area contributed by atoms with Crippen LogP contribution in [0.4, 0.5) is 14.5 Å². The Hall–Kier alpha value is -1.77. The Morgan fingerprint density at radius 3 is 2.63 bits per heavy atom. The topological polar surface area (TPSA) is 78.7 Å². The van der Waals surface area contributed by atoms with Crippen LogP contribution < -0.4 is 4.74 Å². The third-order valence-electron chi connectivity index (χ3n) is 2.12. The molecule has 0 bridgehead atoms. The lowest BCUT2D eigenvalue weighted by atomic mass is 10.1. The maximum absolute atomic E-state index is 12.3. The average molecular weight is 340 g/mol. The van der Waals surface area contributed by atoms with Gasteiger partial charge in [-0.15, -0.1) is 0 Å². The van der Waals surface area contributed by atoms with E-state index >= 15 is 0 Å². The zero-order valence-corrected chi connectivity index (χ0v) is 11.1. The van der Waals surface area contributed by atoms with Gasteiger partial charge in [0.05, 0.1) is 18.5 Å². The molecule has 0 aliphatic carbocycles. The number of hydrogen-bond donors (Lipinski definition) is 0. The van der Waals surface area contributed by atoms with E-state index in [1.54, 1.807) is 0 Å². The highest BCUT2D eigenvalue weighted by atomic mass is 79.9. The van der Waals surface area contributed by atoms with Crippen molar-refractivity contribution in [1.29, 1.82) is 0 Å². The second-order valence-electron chi connectivity index (χ2n) is 3.28. The monoisotopic (exact) mass is 339 g/mol. The van der Waals surface area contributed by atoms with E-state index in [-0.39, 0.29) is 16.5 Å². The molecule has 0 unspecified atom stereocenters. The zero-order valence-electron chi connectivity index (χ0n) is 9.56. The Bertz CT molecular complexity index is 509. The summed E-state index contributed by atoms with van der Waals surface area (Å²) in [7, 11) is 1.14. The summed E-state index contributed by atoms with van der Waals surface area (Å²) < 4.78 is 33.0. The first-order valence-corrected chi connectivity index (χ1v) is 5.63. The van der Waals surface area contributed by atoms with Gasteiger partial charge in [0.2, 0.25) is 0 Å². The Morgan fingerprint density at radius 2 is 2.16 bits per heavy atom. The fourth-order valence-electron chi connectivity index (χ4n) is 1.31. The summed E-state index contributed by atoms with van der Waals surface area (Å²) in [5, 5.41) is 10.7. The van der Waals surface area contributed by atoms with Crippen molar-refractivity contribution in [2.45, 2.75) is 13.0 Å². The summed E-state index contributed by atoms with van der Waals surface area (Å²) in [5.41, 5.74) is -0.381. The van der Waals surface area contributed by atoms with Crippen molar-refractivity contribution in [2.24, 2.45) is 0 Å². The summed E-state index contributed by atoms with van der Waals surface area (Å²) in [6.45, 7) is -3.17. The van der Waals surface area contributed by atoms with Crippen molar-refractivity contribution < 1.29 is 28.0 Å². The van der Waals surface area contributed by atoms with Gasteiger partial charge in [0.15, 0.2) is 5.75 Å². The van der Waals surface area contributed by atoms with E-state index in [0.717, 1.165) is 19.2 Å². The molecule has 0 saturated carbocycles. The van der Waals surface area contributed by atoms with Crippen molar-refractivity contribution in [2.75, 3.05) is 7.11 Å². The lowest BCUT2D eigenvalue weighted by Crippen LogP contribution is -2.10. The van der Waals surface area contributed by atoms with Crippen molar-refractivity contribution in [1.82, 2.24) is 0 Å². The largest absolute Gasteiger partial charge is 0.469 e. The molecule has 1 rings (SSSR count). The number of carbonyl (C=O) groups is 1. The van der Waals surface area contributed by atoms with Crippen LogP contribution in [0.3, 0.4) is 0 Å². The minimum absolute atomic E-state index is 0.0598. The minimum atomic E-state index is -3.17. The molecule has 0 amide bonds. The number of hydrogen-bond acceptors (Lipinski definition) is 5. The molecule has 0 aliphatic rings. The van der Waals surface area contributed by atoms with Crippen molar-refractivity contribution in [3.05, 3.63) is 32.3 Å². The van der Waals surface area contributed by atoms with Crippen LogP contribution in [0.25, 0.3) is 0 Å².